The molecule has 1 unspecified atom stereocenters. The Kier molecular flexibility index (Phi) is 6.31. The number of aromatic nitrogens is 3. The quantitative estimate of drug-likeness (QED) is 0.450. The lowest BCUT2D eigenvalue weighted by molar-refractivity contribution is -0.132. The lowest BCUT2D eigenvalue weighted by Crippen LogP contribution is -2.54. The monoisotopic (exact) mass is 467 g/mol. The first-order valence-electron chi connectivity index (χ1n) is 12.0. The van der Waals surface area contributed by atoms with Crippen molar-refractivity contribution in [2.45, 2.75) is 32.9 Å². The third-order valence-corrected chi connectivity index (χ3v) is 6.67. The molecule has 0 bridgehead atoms. The number of rotatable bonds is 5. The molecule has 2 aromatic heterocycles. The fourth-order valence-corrected chi connectivity index (χ4v) is 4.77. The van der Waals surface area contributed by atoms with Crippen molar-refractivity contribution in [3.63, 3.8) is 0 Å². The zero-order chi connectivity index (χ0) is 24.4. The summed E-state index contributed by atoms with van der Waals surface area (Å²) in [6, 6.07) is 20.0. The molecule has 178 valence electrons. The maximum absolute atomic E-state index is 13.3. The molecular weight excluding hydrogens is 438 g/mol. The van der Waals surface area contributed by atoms with Crippen molar-refractivity contribution in [3.8, 4) is 0 Å². The first-order valence-corrected chi connectivity index (χ1v) is 12.0. The Hall–Kier alpha value is -4.00. The van der Waals surface area contributed by atoms with Crippen molar-refractivity contribution < 1.29 is 4.79 Å². The van der Waals surface area contributed by atoms with Crippen LogP contribution in [0.4, 0.5) is 5.69 Å². The number of fused-ring (bicyclic) bond motifs is 1. The molecule has 1 fully saturated rings. The molecule has 1 aliphatic rings. The van der Waals surface area contributed by atoms with E-state index in [9.17, 15) is 9.59 Å². The van der Waals surface area contributed by atoms with Gasteiger partial charge < -0.3 is 9.80 Å². The van der Waals surface area contributed by atoms with E-state index in [0.717, 1.165) is 23.2 Å². The maximum Gasteiger partial charge on any atom is 0.275 e. The zero-order valence-corrected chi connectivity index (χ0v) is 20.1. The number of carbonyl (C=O) groups excluding carboxylic acids is 1. The van der Waals surface area contributed by atoms with Gasteiger partial charge in [0.1, 0.15) is 6.54 Å². The second-order valence-electron chi connectivity index (χ2n) is 9.21. The SMILES string of the molecule is Cc1ccc(N2CCN(C(=O)Cn3nc(Cc4cccnc4)c4ccccc4c3=O)CC2C)cc1. The van der Waals surface area contributed by atoms with Gasteiger partial charge in [0.05, 0.1) is 11.1 Å². The molecule has 1 atom stereocenters. The number of aryl methyl sites for hydroxylation is 1. The highest BCUT2D eigenvalue weighted by Crippen LogP contribution is 2.21. The number of carbonyl (C=O) groups is 1. The molecule has 1 aliphatic heterocycles. The van der Waals surface area contributed by atoms with E-state index in [1.807, 2.05) is 35.2 Å². The first-order chi connectivity index (χ1) is 17.0. The first kappa shape index (κ1) is 22.8. The van der Waals surface area contributed by atoms with Crippen LogP contribution in [0, 0.1) is 6.92 Å². The van der Waals surface area contributed by atoms with Gasteiger partial charge in [0.2, 0.25) is 5.91 Å². The number of amides is 1. The summed E-state index contributed by atoms with van der Waals surface area (Å²) in [6.45, 7) is 6.11. The lowest BCUT2D eigenvalue weighted by Gasteiger charge is -2.41. The summed E-state index contributed by atoms with van der Waals surface area (Å²) in [5.74, 6) is -0.0855. The molecule has 0 N–H and O–H groups in total. The molecular formula is C28H29N5O2. The van der Waals surface area contributed by atoms with Crippen LogP contribution < -0.4 is 10.5 Å². The fraction of sp³-hybridized carbons (Fsp3) is 0.286. The normalized spacial score (nSPS) is 16.0. The van der Waals surface area contributed by atoms with E-state index in [2.05, 4.69) is 53.1 Å². The van der Waals surface area contributed by atoms with Crippen molar-refractivity contribution in [2.24, 2.45) is 0 Å². The number of nitrogens with zero attached hydrogens (tertiary/aromatic N) is 5. The fourth-order valence-electron chi connectivity index (χ4n) is 4.77. The number of pyridine rings is 1. The zero-order valence-electron chi connectivity index (χ0n) is 20.1. The maximum atomic E-state index is 13.3. The highest BCUT2D eigenvalue weighted by atomic mass is 16.2. The van der Waals surface area contributed by atoms with E-state index in [0.29, 0.717) is 24.9 Å². The Bertz CT molecular complexity index is 1400. The van der Waals surface area contributed by atoms with Crippen molar-refractivity contribution >= 4 is 22.4 Å². The van der Waals surface area contributed by atoms with Crippen LogP contribution in [0.2, 0.25) is 0 Å². The predicted octanol–water partition coefficient (Wildman–Crippen LogP) is 3.43. The van der Waals surface area contributed by atoms with Crippen molar-refractivity contribution in [1.29, 1.82) is 0 Å². The van der Waals surface area contributed by atoms with Gasteiger partial charge in [0, 0.05) is 55.6 Å². The molecule has 35 heavy (non-hydrogen) atoms. The minimum Gasteiger partial charge on any atom is -0.365 e. The van der Waals surface area contributed by atoms with E-state index >= 15 is 0 Å². The van der Waals surface area contributed by atoms with Gasteiger partial charge in [0.25, 0.3) is 5.56 Å². The minimum absolute atomic E-state index is 0.0685. The van der Waals surface area contributed by atoms with E-state index in [-0.39, 0.29) is 24.1 Å². The number of anilines is 1. The second-order valence-corrected chi connectivity index (χ2v) is 9.21. The molecule has 0 spiro atoms. The van der Waals surface area contributed by atoms with Gasteiger partial charge in [-0.15, -0.1) is 0 Å². The van der Waals surface area contributed by atoms with Crippen LogP contribution in [-0.4, -0.2) is 51.2 Å². The number of benzene rings is 2. The van der Waals surface area contributed by atoms with Gasteiger partial charge in [-0.05, 0) is 43.7 Å². The van der Waals surface area contributed by atoms with Crippen LogP contribution in [0.5, 0.6) is 0 Å². The van der Waals surface area contributed by atoms with Gasteiger partial charge in [0.15, 0.2) is 0 Å². The average Bonchev–Trinajstić information content (AvgIpc) is 2.88. The molecule has 7 heteroatoms. The number of piperazine rings is 1. The molecule has 2 aromatic carbocycles. The third kappa shape index (κ3) is 4.80. The predicted molar refractivity (Wildman–Crippen MR) is 138 cm³/mol. The Morgan fingerprint density at radius 1 is 1.00 bits per heavy atom. The van der Waals surface area contributed by atoms with E-state index < -0.39 is 0 Å². The van der Waals surface area contributed by atoms with Crippen LogP contribution in [-0.2, 0) is 17.8 Å². The van der Waals surface area contributed by atoms with Gasteiger partial charge >= 0.3 is 0 Å². The molecule has 0 saturated carbocycles. The molecule has 1 saturated heterocycles. The van der Waals surface area contributed by atoms with Gasteiger partial charge in [-0.2, -0.15) is 5.10 Å². The van der Waals surface area contributed by atoms with Gasteiger partial charge in [-0.3, -0.25) is 14.6 Å². The summed E-state index contributed by atoms with van der Waals surface area (Å²) in [5, 5.41) is 6.03. The summed E-state index contributed by atoms with van der Waals surface area (Å²) < 4.78 is 1.33. The van der Waals surface area contributed by atoms with Crippen LogP contribution in [0.15, 0.2) is 77.9 Å². The largest absolute Gasteiger partial charge is 0.365 e. The summed E-state index contributed by atoms with van der Waals surface area (Å²) in [5.41, 5.74) is 3.92. The number of hydrogen-bond donors (Lipinski definition) is 0. The van der Waals surface area contributed by atoms with Crippen molar-refractivity contribution in [2.75, 3.05) is 24.5 Å². The minimum atomic E-state index is -0.241. The van der Waals surface area contributed by atoms with Crippen molar-refractivity contribution in [3.05, 3.63) is 100 Å². The van der Waals surface area contributed by atoms with Gasteiger partial charge in [-0.1, -0.05) is 42.0 Å². The molecule has 7 nitrogen and oxygen atoms in total. The standard InChI is InChI=1S/C28H29N5O2/c1-20-9-11-23(12-10-20)32-15-14-31(18-21(32)2)27(34)19-33-28(35)25-8-4-3-7-24(25)26(30-33)16-22-6-5-13-29-17-22/h3-13,17,21H,14-16,18-19H2,1-2H3. The Balaban J connectivity index is 1.36. The molecule has 1 amide bonds. The molecule has 0 radical (unpaired) electrons. The summed E-state index contributed by atoms with van der Waals surface area (Å²) in [7, 11) is 0. The van der Waals surface area contributed by atoms with Crippen molar-refractivity contribution in [1.82, 2.24) is 19.7 Å². The van der Waals surface area contributed by atoms with Crippen LogP contribution in [0.3, 0.4) is 0 Å². The van der Waals surface area contributed by atoms with Crippen LogP contribution in [0.25, 0.3) is 10.8 Å². The molecule has 3 heterocycles. The highest BCUT2D eigenvalue weighted by Gasteiger charge is 2.27. The Morgan fingerprint density at radius 3 is 2.49 bits per heavy atom. The highest BCUT2D eigenvalue weighted by molar-refractivity contribution is 5.84. The average molecular weight is 468 g/mol. The summed E-state index contributed by atoms with van der Waals surface area (Å²) >= 11 is 0. The Morgan fingerprint density at radius 2 is 1.77 bits per heavy atom. The van der Waals surface area contributed by atoms with E-state index in [1.54, 1.807) is 18.5 Å². The summed E-state index contributed by atoms with van der Waals surface area (Å²) in [6.07, 6.45) is 4.06. The topological polar surface area (TPSA) is 71.3 Å². The smallest absolute Gasteiger partial charge is 0.275 e. The van der Waals surface area contributed by atoms with Gasteiger partial charge in [-0.25, -0.2) is 4.68 Å². The van der Waals surface area contributed by atoms with Crippen LogP contribution >= 0.6 is 0 Å². The third-order valence-electron chi connectivity index (χ3n) is 6.67. The molecule has 5 rings (SSSR count). The lowest BCUT2D eigenvalue weighted by atomic mass is 10.1. The number of hydrogen-bond acceptors (Lipinski definition) is 5. The van der Waals surface area contributed by atoms with E-state index in [4.69, 9.17) is 0 Å². The molecule has 4 aromatic rings. The Labute approximate surface area is 204 Å². The van der Waals surface area contributed by atoms with Crippen LogP contribution in [0.1, 0.15) is 23.7 Å². The second kappa shape index (κ2) is 9.70. The van der Waals surface area contributed by atoms with E-state index in [1.165, 1.54) is 15.9 Å². The molecule has 0 aliphatic carbocycles. The summed E-state index contributed by atoms with van der Waals surface area (Å²) in [4.78, 5) is 34.8.